The maximum atomic E-state index is 10.8. The zero-order chi connectivity index (χ0) is 23.4. The quantitative estimate of drug-likeness (QED) is 0.538. The predicted octanol–water partition coefficient (Wildman–Crippen LogP) is 5.33. The van der Waals surface area contributed by atoms with Crippen molar-refractivity contribution in [3.63, 3.8) is 0 Å². The van der Waals surface area contributed by atoms with Crippen LogP contribution in [0.25, 0.3) is 0 Å². The molecule has 1 aliphatic rings. The van der Waals surface area contributed by atoms with E-state index in [1.165, 1.54) is 0 Å². The Kier molecular flexibility index (Phi) is 7.18. The van der Waals surface area contributed by atoms with Crippen molar-refractivity contribution in [2.45, 2.75) is 12.1 Å². The number of benzene rings is 3. The van der Waals surface area contributed by atoms with Gasteiger partial charge in [0, 0.05) is 31.2 Å². The number of halogens is 2. The highest BCUT2D eigenvalue weighted by Crippen LogP contribution is 2.36. The smallest absolute Gasteiger partial charge is 0.0992 e. The van der Waals surface area contributed by atoms with Gasteiger partial charge in [0.15, 0.2) is 0 Å². The molecule has 0 aromatic heterocycles. The van der Waals surface area contributed by atoms with Crippen LogP contribution in [0.1, 0.15) is 34.4 Å². The molecule has 0 amide bonds. The van der Waals surface area contributed by atoms with E-state index in [4.69, 9.17) is 28.5 Å². The molecule has 2 atom stereocenters. The molecule has 1 heterocycles. The molecule has 0 spiro atoms. The maximum absolute atomic E-state index is 10.8. The molecule has 1 saturated heterocycles. The highest BCUT2D eigenvalue weighted by atomic mass is 35.5. The molecule has 0 unspecified atom stereocenters. The molecule has 7 heteroatoms. The molecule has 0 radical (unpaired) electrons. The van der Waals surface area contributed by atoms with Crippen LogP contribution >= 0.6 is 23.2 Å². The lowest BCUT2D eigenvalue weighted by molar-refractivity contribution is 0.100. The molecule has 3 aromatic rings. The summed E-state index contributed by atoms with van der Waals surface area (Å²) in [6.07, 6.45) is -0.659. The van der Waals surface area contributed by atoms with Gasteiger partial charge in [0.1, 0.15) is 0 Å². The summed E-state index contributed by atoms with van der Waals surface area (Å²) in [5.41, 5.74) is 3.85. The van der Waals surface area contributed by atoms with Gasteiger partial charge in [-0.1, -0.05) is 47.5 Å². The Hall–Kier alpha value is -3.06. The second-order valence-corrected chi connectivity index (χ2v) is 8.89. The fourth-order valence-electron chi connectivity index (χ4n) is 4.20. The van der Waals surface area contributed by atoms with Crippen LogP contribution in [0, 0.1) is 22.7 Å². The lowest BCUT2D eigenvalue weighted by Gasteiger charge is -2.44. The van der Waals surface area contributed by atoms with Crippen LogP contribution < -0.4 is 4.90 Å². The minimum absolute atomic E-state index is 0.00498. The SMILES string of the molecule is N#Cc1ccc([C@@H](O)CN2CCN(c3ccc(C#N)cc3Cl)[C@H](c3ccc(Cl)cc3)C2)cc1. The van der Waals surface area contributed by atoms with Crippen LogP contribution in [0.5, 0.6) is 0 Å². The summed E-state index contributed by atoms with van der Waals surface area (Å²) in [5, 5.41) is 30.2. The number of anilines is 1. The second kappa shape index (κ2) is 10.3. The number of aliphatic hydroxyl groups is 1. The molecule has 0 aliphatic carbocycles. The molecule has 4 rings (SSSR count). The van der Waals surface area contributed by atoms with E-state index in [1.54, 1.807) is 36.4 Å². The summed E-state index contributed by atoms with van der Waals surface area (Å²) in [6.45, 7) is 2.61. The van der Waals surface area contributed by atoms with E-state index in [-0.39, 0.29) is 6.04 Å². The van der Waals surface area contributed by atoms with E-state index in [0.717, 1.165) is 23.4 Å². The predicted molar refractivity (Wildman–Crippen MR) is 130 cm³/mol. The van der Waals surface area contributed by atoms with Gasteiger partial charge in [0.05, 0.1) is 46.1 Å². The Bertz CT molecular complexity index is 1200. The number of nitriles is 2. The van der Waals surface area contributed by atoms with E-state index in [1.807, 2.05) is 30.3 Å². The summed E-state index contributed by atoms with van der Waals surface area (Å²) >= 11 is 12.7. The average Bonchev–Trinajstić information content (AvgIpc) is 2.84. The highest BCUT2D eigenvalue weighted by molar-refractivity contribution is 6.33. The molecule has 0 saturated carbocycles. The van der Waals surface area contributed by atoms with Crippen LogP contribution in [0.2, 0.25) is 10.0 Å². The number of hydrogen-bond donors (Lipinski definition) is 1. The molecule has 33 heavy (non-hydrogen) atoms. The molecule has 1 fully saturated rings. The first-order chi connectivity index (χ1) is 16.0. The van der Waals surface area contributed by atoms with Crippen molar-refractivity contribution in [3.8, 4) is 12.1 Å². The lowest BCUT2D eigenvalue weighted by Crippen LogP contribution is -2.49. The first kappa shape index (κ1) is 23.1. The van der Waals surface area contributed by atoms with Gasteiger partial charge in [0.2, 0.25) is 0 Å². The van der Waals surface area contributed by atoms with Gasteiger partial charge in [0.25, 0.3) is 0 Å². The standard InChI is InChI=1S/C26H22Cl2N4O/c27-22-8-6-20(7-9-22)25-16-31(17-26(33)21-4-1-18(14-29)2-5-21)11-12-32(25)24-10-3-19(15-30)13-23(24)28/h1-10,13,25-26,33H,11-12,16-17H2/t25-,26-/m0/s1. The van der Waals surface area contributed by atoms with Crippen molar-refractivity contribution < 1.29 is 5.11 Å². The van der Waals surface area contributed by atoms with E-state index >= 15 is 0 Å². The molecule has 0 bridgehead atoms. The Morgan fingerprint density at radius 2 is 1.58 bits per heavy atom. The third kappa shape index (κ3) is 5.30. The van der Waals surface area contributed by atoms with Gasteiger partial charge < -0.3 is 10.0 Å². The zero-order valence-electron chi connectivity index (χ0n) is 17.8. The van der Waals surface area contributed by atoms with Crippen LogP contribution in [-0.2, 0) is 0 Å². The normalized spacial score (nSPS) is 17.2. The van der Waals surface area contributed by atoms with Crippen molar-refractivity contribution in [1.29, 1.82) is 10.5 Å². The highest BCUT2D eigenvalue weighted by Gasteiger charge is 2.30. The molecule has 3 aromatic carbocycles. The third-order valence-corrected chi connectivity index (χ3v) is 6.52. The van der Waals surface area contributed by atoms with Gasteiger partial charge in [-0.25, -0.2) is 0 Å². The maximum Gasteiger partial charge on any atom is 0.0992 e. The molecule has 5 nitrogen and oxygen atoms in total. The van der Waals surface area contributed by atoms with Gasteiger partial charge in [-0.05, 0) is 53.6 Å². The van der Waals surface area contributed by atoms with Crippen LogP contribution in [0.3, 0.4) is 0 Å². The summed E-state index contributed by atoms with van der Waals surface area (Å²) in [7, 11) is 0. The van der Waals surface area contributed by atoms with Gasteiger partial charge in [-0.15, -0.1) is 0 Å². The monoisotopic (exact) mass is 476 g/mol. The first-order valence-corrected chi connectivity index (χ1v) is 11.4. The topological polar surface area (TPSA) is 74.3 Å². The number of nitrogens with zero attached hydrogens (tertiary/aromatic N) is 4. The number of rotatable bonds is 5. The Balaban J connectivity index is 1.57. The lowest BCUT2D eigenvalue weighted by atomic mass is 10.00. The molecule has 166 valence electrons. The number of piperazine rings is 1. The minimum atomic E-state index is -0.659. The van der Waals surface area contributed by atoms with Crippen molar-refractivity contribution >= 4 is 28.9 Å². The van der Waals surface area contributed by atoms with Gasteiger partial charge >= 0.3 is 0 Å². The Morgan fingerprint density at radius 3 is 2.21 bits per heavy atom. The number of aliphatic hydroxyl groups excluding tert-OH is 1. The molecular formula is C26H22Cl2N4O. The first-order valence-electron chi connectivity index (χ1n) is 10.6. The fourth-order valence-corrected chi connectivity index (χ4v) is 4.62. The summed E-state index contributed by atoms with van der Waals surface area (Å²) in [4.78, 5) is 4.48. The van der Waals surface area contributed by atoms with Crippen molar-refractivity contribution in [2.75, 3.05) is 31.1 Å². The van der Waals surface area contributed by atoms with Crippen LogP contribution in [0.4, 0.5) is 5.69 Å². The van der Waals surface area contributed by atoms with E-state index < -0.39 is 6.10 Å². The summed E-state index contributed by atoms with van der Waals surface area (Å²) < 4.78 is 0. The van der Waals surface area contributed by atoms with Crippen molar-refractivity contribution in [1.82, 2.24) is 4.90 Å². The molecule has 1 aliphatic heterocycles. The van der Waals surface area contributed by atoms with E-state index in [0.29, 0.717) is 40.8 Å². The summed E-state index contributed by atoms with van der Waals surface area (Å²) in [5.74, 6) is 0. The number of β-amino-alcohol motifs (C(OH)–C–C–N with tert-alkyl or cyclic N) is 1. The van der Waals surface area contributed by atoms with Crippen LogP contribution in [0.15, 0.2) is 66.7 Å². The number of hydrogen-bond acceptors (Lipinski definition) is 5. The molecular weight excluding hydrogens is 455 g/mol. The second-order valence-electron chi connectivity index (χ2n) is 8.05. The van der Waals surface area contributed by atoms with E-state index in [2.05, 4.69) is 21.9 Å². The molecule has 1 N–H and O–H groups in total. The Morgan fingerprint density at radius 1 is 0.909 bits per heavy atom. The Labute approximate surface area is 203 Å². The van der Waals surface area contributed by atoms with Gasteiger partial charge in [-0.2, -0.15) is 10.5 Å². The van der Waals surface area contributed by atoms with E-state index in [9.17, 15) is 10.4 Å². The largest absolute Gasteiger partial charge is 0.387 e. The van der Waals surface area contributed by atoms with Crippen molar-refractivity contribution in [3.05, 3.63) is 99.0 Å². The fraction of sp³-hybridized carbons (Fsp3) is 0.231. The van der Waals surface area contributed by atoms with Gasteiger partial charge in [-0.3, -0.25) is 4.90 Å². The third-order valence-electron chi connectivity index (χ3n) is 5.96. The average molecular weight is 477 g/mol. The van der Waals surface area contributed by atoms with Crippen molar-refractivity contribution in [2.24, 2.45) is 0 Å². The zero-order valence-corrected chi connectivity index (χ0v) is 19.3. The summed E-state index contributed by atoms with van der Waals surface area (Å²) in [6, 6.07) is 24.4. The van der Waals surface area contributed by atoms with Crippen LogP contribution in [-0.4, -0.2) is 36.2 Å². The minimum Gasteiger partial charge on any atom is -0.387 e.